The molecule has 7 nitrogen and oxygen atoms in total. The molecule has 7 heteroatoms. The molecule has 2 aromatic carbocycles. The number of carbonyl (C=O) groups is 2. The highest BCUT2D eigenvalue weighted by Crippen LogP contribution is 2.37. The van der Waals surface area contributed by atoms with Crippen LogP contribution in [0.4, 0.5) is 5.69 Å². The SMILES string of the molecule is O=C(C1COc2ccccc2O1)N1CCC2(CC1)C(=O)NCN2c1ccccc1. The van der Waals surface area contributed by atoms with E-state index in [1.54, 1.807) is 11.0 Å². The minimum Gasteiger partial charge on any atom is -0.485 e. The summed E-state index contributed by atoms with van der Waals surface area (Å²) in [7, 11) is 0. The Morgan fingerprint density at radius 2 is 1.69 bits per heavy atom. The van der Waals surface area contributed by atoms with Crippen LogP contribution in [0.3, 0.4) is 0 Å². The average molecular weight is 393 g/mol. The third kappa shape index (κ3) is 2.97. The van der Waals surface area contributed by atoms with Gasteiger partial charge in [0.05, 0.1) is 6.67 Å². The Kier molecular flexibility index (Phi) is 4.30. The topological polar surface area (TPSA) is 71.1 Å². The number of hydrogen-bond acceptors (Lipinski definition) is 5. The van der Waals surface area contributed by atoms with Gasteiger partial charge in [-0.25, -0.2) is 0 Å². The number of nitrogens with one attached hydrogen (secondary N) is 1. The zero-order chi connectivity index (χ0) is 19.8. The van der Waals surface area contributed by atoms with Crippen LogP contribution in [0.25, 0.3) is 0 Å². The summed E-state index contributed by atoms with van der Waals surface area (Å²) < 4.78 is 11.6. The maximum absolute atomic E-state index is 13.0. The molecule has 150 valence electrons. The molecule has 0 radical (unpaired) electrons. The highest BCUT2D eigenvalue weighted by Gasteiger charge is 2.51. The normalized spacial score (nSPS) is 22.5. The van der Waals surface area contributed by atoms with Gasteiger partial charge in [-0.2, -0.15) is 0 Å². The molecule has 1 atom stereocenters. The van der Waals surface area contributed by atoms with Crippen LogP contribution in [0.1, 0.15) is 12.8 Å². The van der Waals surface area contributed by atoms with E-state index < -0.39 is 11.6 Å². The minimum atomic E-state index is -0.651. The summed E-state index contributed by atoms with van der Waals surface area (Å²) >= 11 is 0. The standard InChI is InChI=1S/C22H23N3O4/c26-20(19-14-28-17-8-4-5-9-18(17)29-19)24-12-10-22(11-13-24)21(27)23-15-25(22)16-6-2-1-3-7-16/h1-9,19H,10-15H2,(H,23,27). The summed E-state index contributed by atoms with van der Waals surface area (Å²) in [5.41, 5.74) is 0.417. The lowest BCUT2D eigenvalue weighted by Gasteiger charge is -2.44. The molecule has 2 fully saturated rings. The third-order valence-electron chi connectivity index (χ3n) is 6.09. The molecule has 3 heterocycles. The highest BCUT2D eigenvalue weighted by atomic mass is 16.6. The summed E-state index contributed by atoms with van der Waals surface area (Å²) in [5, 5.41) is 2.99. The molecule has 0 aliphatic carbocycles. The number of likely N-dealkylation sites (tertiary alicyclic amines) is 1. The first kappa shape index (κ1) is 17.8. The Hall–Kier alpha value is -3.22. The first-order valence-electron chi connectivity index (χ1n) is 9.96. The molecule has 2 amide bonds. The van der Waals surface area contributed by atoms with Gasteiger partial charge in [0.2, 0.25) is 12.0 Å². The number of piperidine rings is 1. The van der Waals surface area contributed by atoms with Crippen molar-refractivity contribution in [2.45, 2.75) is 24.5 Å². The number of nitrogens with zero attached hydrogens (tertiary/aromatic N) is 2. The smallest absolute Gasteiger partial charge is 0.267 e. The van der Waals surface area contributed by atoms with Crippen molar-refractivity contribution >= 4 is 17.5 Å². The fourth-order valence-electron chi connectivity index (χ4n) is 4.47. The molecule has 1 N–H and O–H groups in total. The molecule has 0 bridgehead atoms. The number of benzene rings is 2. The van der Waals surface area contributed by atoms with Crippen LogP contribution < -0.4 is 19.7 Å². The van der Waals surface area contributed by atoms with Crippen LogP contribution >= 0.6 is 0 Å². The molecule has 1 unspecified atom stereocenters. The van der Waals surface area contributed by atoms with E-state index in [1.807, 2.05) is 48.5 Å². The van der Waals surface area contributed by atoms with Gasteiger partial charge in [-0.1, -0.05) is 30.3 Å². The van der Waals surface area contributed by atoms with Gasteiger partial charge >= 0.3 is 0 Å². The van der Waals surface area contributed by atoms with Crippen molar-refractivity contribution in [3.8, 4) is 11.5 Å². The number of fused-ring (bicyclic) bond motifs is 1. The van der Waals surface area contributed by atoms with Gasteiger partial charge in [-0.05, 0) is 37.1 Å². The molecular weight excluding hydrogens is 370 g/mol. The Morgan fingerprint density at radius 1 is 1.00 bits per heavy atom. The molecule has 29 heavy (non-hydrogen) atoms. The van der Waals surface area contributed by atoms with Gasteiger partial charge in [-0.15, -0.1) is 0 Å². The van der Waals surface area contributed by atoms with Crippen molar-refractivity contribution in [2.24, 2.45) is 0 Å². The van der Waals surface area contributed by atoms with Crippen molar-refractivity contribution in [1.29, 1.82) is 0 Å². The van der Waals surface area contributed by atoms with E-state index in [0.717, 1.165) is 5.69 Å². The van der Waals surface area contributed by atoms with Gasteiger partial charge in [-0.3, -0.25) is 9.59 Å². The van der Waals surface area contributed by atoms with E-state index in [1.165, 1.54) is 0 Å². The van der Waals surface area contributed by atoms with E-state index in [0.29, 0.717) is 44.1 Å². The number of para-hydroxylation sites is 3. The van der Waals surface area contributed by atoms with E-state index in [-0.39, 0.29) is 18.4 Å². The maximum Gasteiger partial charge on any atom is 0.267 e. The van der Waals surface area contributed by atoms with E-state index in [2.05, 4.69) is 10.2 Å². The van der Waals surface area contributed by atoms with Crippen LogP contribution in [0.5, 0.6) is 11.5 Å². The second kappa shape index (κ2) is 6.99. The van der Waals surface area contributed by atoms with E-state index >= 15 is 0 Å². The fourth-order valence-corrected chi connectivity index (χ4v) is 4.47. The average Bonchev–Trinajstić information content (AvgIpc) is 3.09. The zero-order valence-electron chi connectivity index (χ0n) is 16.0. The molecule has 0 aromatic heterocycles. The number of carbonyl (C=O) groups excluding carboxylic acids is 2. The Balaban J connectivity index is 1.29. The summed E-state index contributed by atoms with van der Waals surface area (Å²) in [6, 6.07) is 17.3. The molecule has 2 aromatic rings. The monoisotopic (exact) mass is 393 g/mol. The van der Waals surface area contributed by atoms with Crippen molar-refractivity contribution < 1.29 is 19.1 Å². The Labute approximate surface area is 169 Å². The van der Waals surface area contributed by atoms with Gasteiger partial charge in [0, 0.05) is 18.8 Å². The van der Waals surface area contributed by atoms with E-state index in [9.17, 15) is 9.59 Å². The Bertz CT molecular complexity index is 925. The molecule has 5 rings (SSSR count). The van der Waals surface area contributed by atoms with Crippen molar-refractivity contribution in [3.05, 3.63) is 54.6 Å². The molecule has 0 saturated carbocycles. The second-order valence-electron chi connectivity index (χ2n) is 7.65. The summed E-state index contributed by atoms with van der Waals surface area (Å²) in [5.74, 6) is 1.21. The largest absolute Gasteiger partial charge is 0.485 e. The lowest BCUT2D eigenvalue weighted by Crippen LogP contribution is -2.59. The van der Waals surface area contributed by atoms with E-state index in [4.69, 9.17) is 9.47 Å². The first-order chi connectivity index (χ1) is 14.2. The predicted octanol–water partition coefficient (Wildman–Crippen LogP) is 1.78. The van der Waals surface area contributed by atoms with Crippen molar-refractivity contribution in [3.63, 3.8) is 0 Å². The molecular formula is C22H23N3O4. The lowest BCUT2D eigenvalue weighted by molar-refractivity contribution is -0.144. The first-order valence-corrected chi connectivity index (χ1v) is 9.96. The summed E-state index contributed by atoms with van der Waals surface area (Å²) in [6.07, 6.45) is 0.523. The maximum atomic E-state index is 13.0. The van der Waals surface area contributed by atoms with Crippen LogP contribution in [-0.4, -0.2) is 54.7 Å². The molecule has 2 saturated heterocycles. The quantitative estimate of drug-likeness (QED) is 0.842. The van der Waals surface area contributed by atoms with Crippen LogP contribution in [0, 0.1) is 0 Å². The van der Waals surface area contributed by atoms with Gasteiger partial charge in [0.25, 0.3) is 5.91 Å². The van der Waals surface area contributed by atoms with Gasteiger partial charge in [0.15, 0.2) is 11.5 Å². The highest BCUT2D eigenvalue weighted by molar-refractivity contribution is 5.94. The molecule has 3 aliphatic rings. The Morgan fingerprint density at radius 3 is 2.45 bits per heavy atom. The molecule has 3 aliphatic heterocycles. The number of amides is 2. The zero-order valence-corrected chi connectivity index (χ0v) is 16.0. The lowest BCUT2D eigenvalue weighted by atomic mass is 9.85. The van der Waals surface area contributed by atoms with Gasteiger partial charge < -0.3 is 24.6 Å². The number of hydrogen-bond donors (Lipinski definition) is 1. The van der Waals surface area contributed by atoms with Crippen LogP contribution in [0.2, 0.25) is 0 Å². The van der Waals surface area contributed by atoms with Crippen molar-refractivity contribution in [1.82, 2.24) is 10.2 Å². The number of anilines is 1. The minimum absolute atomic E-state index is 0.0413. The van der Waals surface area contributed by atoms with Crippen molar-refractivity contribution in [2.75, 3.05) is 31.3 Å². The molecule has 1 spiro atoms. The van der Waals surface area contributed by atoms with Crippen LogP contribution in [0.15, 0.2) is 54.6 Å². The second-order valence-corrected chi connectivity index (χ2v) is 7.65. The van der Waals surface area contributed by atoms with Crippen LogP contribution in [-0.2, 0) is 9.59 Å². The third-order valence-corrected chi connectivity index (χ3v) is 6.09. The summed E-state index contributed by atoms with van der Waals surface area (Å²) in [6.45, 7) is 1.72. The summed E-state index contributed by atoms with van der Waals surface area (Å²) in [4.78, 5) is 29.7. The predicted molar refractivity (Wildman–Crippen MR) is 107 cm³/mol. The van der Waals surface area contributed by atoms with Gasteiger partial charge in [0.1, 0.15) is 12.1 Å². The fraction of sp³-hybridized carbons (Fsp3) is 0.364. The number of rotatable bonds is 2. The number of ether oxygens (including phenoxy) is 2.